The number of rotatable bonds is 15. The van der Waals surface area contributed by atoms with Crippen molar-refractivity contribution in [2.45, 2.75) is 95.9 Å². The first kappa shape index (κ1) is 47.2. The first-order chi connectivity index (χ1) is 29.7. The van der Waals surface area contributed by atoms with Gasteiger partial charge in [0.1, 0.15) is 6.61 Å². The molecule has 0 saturated carbocycles. The summed E-state index contributed by atoms with van der Waals surface area (Å²) in [5, 5.41) is 2.68. The van der Waals surface area contributed by atoms with Crippen LogP contribution in [0, 0.1) is 11.8 Å². The third-order valence-corrected chi connectivity index (χ3v) is 13.5. The summed E-state index contributed by atoms with van der Waals surface area (Å²) in [4.78, 5) is 62.7. The van der Waals surface area contributed by atoms with E-state index in [4.69, 9.17) is 26.8 Å². The van der Waals surface area contributed by atoms with Gasteiger partial charge in [-0.1, -0.05) is 43.1 Å². The zero-order valence-electron chi connectivity index (χ0n) is 36.1. The number of hydrogen-bond acceptors (Lipinski definition) is 9. The number of urea groups is 1. The molecule has 0 aromatic heterocycles. The number of alkyl halides is 3. The number of nitrogen functional groups attached to an aromatic ring is 1. The van der Waals surface area contributed by atoms with Crippen molar-refractivity contribution in [2.24, 2.45) is 11.8 Å². The van der Waals surface area contributed by atoms with Gasteiger partial charge < -0.3 is 40.1 Å². The van der Waals surface area contributed by atoms with Crippen LogP contribution in [-0.2, 0) is 38.1 Å². The van der Waals surface area contributed by atoms with E-state index in [1.807, 2.05) is 24.3 Å². The van der Waals surface area contributed by atoms with Crippen molar-refractivity contribution in [1.82, 2.24) is 24.5 Å². The number of likely N-dealkylation sites (tertiary alicyclic amines) is 3. The van der Waals surface area contributed by atoms with Crippen LogP contribution >= 0.6 is 11.6 Å². The summed E-state index contributed by atoms with van der Waals surface area (Å²) in [5.74, 6) is -0.0265. The molecule has 13 nitrogen and oxygen atoms in total. The number of ether oxygens (including phenoxy) is 2. The number of anilines is 2. The van der Waals surface area contributed by atoms with Gasteiger partial charge in [-0.05, 0) is 119 Å². The lowest BCUT2D eigenvalue weighted by Gasteiger charge is -2.38. The average molecular weight is 890 g/mol. The Bertz CT molecular complexity index is 1850. The predicted octanol–water partition coefficient (Wildman–Crippen LogP) is 7.16. The number of nitrogens with two attached hydrogens (primary N) is 1. The van der Waals surface area contributed by atoms with Gasteiger partial charge in [-0.25, -0.2) is 9.59 Å². The molecule has 6 rings (SSSR count). The Kier molecular flexibility index (Phi) is 16.7. The number of nitrogens with one attached hydrogen (secondary N) is 1. The maximum absolute atomic E-state index is 14.1. The van der Waals surface area contributed by atoms with Gasteiger partial charge in [-0.3, -0.25) is 14.5 Å². The molecule has 4 heterocycles. The van der Waals surface area contributed by atoms with Crippen molar-refractivity contribution < 1.29 is 41.8 Å². The monoisotopic (exact) mass is 889 g/mol. The first-order valence-corrected chi connectivity index (χ1v) is 22.7. The molecule has 4 amide bonds. The van der Waals surface area contributed by atoms with Gasteiger partial charge in [0.25, 0.3) is 5.91 Å². The Morgan fingerprint density at radius 1 is 0.952 bits per heavy atom. The maximum atomic E-state index is 14.1. The fourth-order valence-corrected chi connectivity index (χ4v) is 9.48. The van der Waals surface area contributed by atoms with E-state index >= 15 is 0 Å². The molecule has 3 N–H and O–H groups in total. The fraction of sp³-hybridized carbons (Fsp3) is 0.644. The minimum atomic E-state index is -4.79. The van der Waals surface area contributed by atoms with Gasteiger partial charge in [-0.15, -0.1) is 0 Å². The Hall–Kier alpha value is -4.28. The number of benzene rings is 2. The molecule has 3 saturated heterocycles. The zero-order chi connectivity index (χ0) is 44.4. The molecule has 0 radical (unpaired) electrons. The van der Waals surface area contributed by atoms with Crippen molar-refractivity contribution in [1.29, 1.82) is 0 Å². The molecule has 0 spiro atoms. The molecule has 4 aliphatic rings. The van der Waals surface area contributed by atoms with Crippen LogP contribution in [0.1, 0.15) is 81.4 Å². The quantitative estimate of drug-likeness (QED) is 0.141. The summed E-state index contributed by atoms with van der Waals surface area (Å²) in [6.07, 6.45) is 0.960. The standard InChI is InChI=1S/C45H63ClF3N7O6/c1-31(33-11-20-54(21-12-33)22-16-40(57)61-27-26-53-17-6-3-7-18-53)10-19-52(2)42(58)39(30-32-28-36(45(47,48)49)41(50)37(46)29-32)62-44(60)55-23-14-35(15-24-55)56-25-13-34-8-4-5-9-38(34)51-43(56)59/h4-5,8-9,28-29,31,33,35,39H,3,6-7,10-27,30,50H2,1-2H3,(H,51,59)/t31?,39-/m1/s1. The third kappa shape index (κ3) is 12.9. The molecule has 17 heteroatoms. The van der Waals surface area contributed by atoms with Crippen LogP contribution in [0.3, 0.4) is 0 Å². The number of nitrogens with zero attached hydrogens (tertiary/aromatic N) is 5. The van der Waals surface area contributed by atoms with Crippen LogP contribution in [-0.4, -0.2) is 140 Å². The molecular formula is C45H63ClF3N7O6. The minimum Gasteiger partial charge on any atom is -0.464 e. The van der Waals surface area contributed by atoms with E-state index in [9.17, 15) is 32.3 Å². The average Bonchev–Trinajstić information content (AvgIpc) is 3.43. The number of para-hydroxylation sites is 1. The number of fused-ring (bicyclic) bond motifs is 1. The highest BCUT2D eigenvalue weighted by atomic mass is 35.5. The van der Waals surface area contributed by atoms with Crippen molar-refractivity contribution in [3.05, 3.63) is 58.1 Å². The van der Waals surface area contributed by atoms with Gasteiger partial charge in [0.2, 0.25) is 0 Å². The molecule has 0 bridgehead atoms. The second kappa shape index (κ2) is 21.9. The van der Waals surface area contributed by atoms with Crippen LogP contribution in [0.25, 0.3) is 0 Å². The number of piperidine rings is 3. The minimum absolute atomic E-state index is 0.0498. The van der Waals surface area contributed by atoms with Gasteiger partial charge in [0.05, 0.1) is 22.7 Å². The second-order valence-electron chi connectivity index (χ2n) is 17.4. The topological polar surface area (TPSA) is 141 Å². The molecule has 0 aliphatic carbocycles. The fourth-order valence-electron chi connectivity index (χ4n) is 9.24. The van der Waals surface area contributed by atoms with Gasteiger partial charge in [-0.2, -0.15) is 13.2 Å². The summed E-state index contributed by atoms with van der Waals surface area (Å²) in [6, 6.07) is 9.47. The van der Waals surface area contributed by atoms with E-state index in [0.717, 1.165) is 62.9 Å². The van der Waals surface area contributed by atoms with Gasteiger partial charge in [0, 0.05) is 64.5 Å². The Labute approximate surface area is 368 Å². The molecule has 1 unspecified atom stereocenters. The maximum Gasteiger partial charge on any atom is 0.418 e. The van der Waals surface area contributed by atoms with E-state index in [2.05, 4.69) is 22.0 Å². The molecular weight excluding hydrogens is 827 g/mol. The molecule has 2 aromatic rings. The Balaban J connectivity index is 1.00. The highest BCUT2D eigenvalue weighted by molar-refractivity contribution is 6.33. The summed E-state index contributed by atoms with van der Waals surface area (Å²) in [6.45, 7) is 9.32. The molecule has 2 aromatic carbocycles. The van der Waals surface area contributed by atoms with E-state index in [1.54, 1.807) is 11.9 Å². The van der Waals surface area contributed by atoms with Crippen molar-refractivity contribution >= 4 is 47.0 Å². The Morgan fingerprint density at radius 2 is 1.65 bits per heavy atom. The van der Waals surface area contributed by atoms with Gasteiger partial charge in [0.15, 0.2) is 6.10 Å². The van der Waals surface area contributed by atoms with E-state index in [0.29, 0.717) is 64.3 Å². The lowest BCUT2D eigenvalue weighted by atomic mass is 9.83. The van der Waals surface area contributed by atoms with Crippen molar-refractivity contribution in [2.75, 3.05) is 90.2 Å². The molecule has 4 aliphatic heterocycles. The smallest absolute Gasteiger partial charge is 0.418 e. The predicted molar refractivity (Wildman–Crippen MR) is 232 cm³/mol. The summed E-state index contributed by atoms with van der Waals surface area (Å²) < 4.78 is 53.1. The summed E-state index contributed by atoms with van der Waals surface area (Å²) >= 11 is 6.15. The zero-order valence-corrected chi connectivity index (χ0v) is 36.9. The van der Waals surface area contributed by atoms with Crippen molar-refractivity contribution in [3.8, 4) is 0 Å². The first-order valence-electron chi connectivity index (χ1n) is 22.3. The summed E-state index contributed by atoms with van der Waals surface area (Å²) in [5.41, 5.74) is 5.83. The third-order valence-electron chi connectivity index (χ3n) is 13.2. The van der Waals surface area contributed by atoms with Crippen molar-refractivity contribution in [3.63, 3.8) is 0 Å². The molecule has 3 fully saturated rings. The highest BCUT2D eigenvalue weighted by Crippen LogP contribution is 2.38. The normalized spacial score (nSPS) is 19.5. The molecule has 2 atom stereocenters. The number of hydrogen-bond donors (Lipinski definition) is 2. The number of likely N-dealkylation sites (N-methyl/N-ethyl adjacent to an activating group) is 1. The number of carbonyl (C=O) groups is 4. The highest BCUT2D eigenvalue weighted by Gasteiger charge is 2.37. The van der Waals surface area contributed by atoms with Crippen LogP contribution in [0.2, 0.25) is 5.02 Å². The summed E-state index contributed by atoms with van der Waals surface area (Å²) in [7, 11) is 1.61. The lowest BCUT2D eigenvalue weighted by molar-refractivity contribution is -0.144. The van der Waals surface area contributed by atoms with Crippen LogP contribution in [0.4, 0.5) is 34.1 Å². The number of halogens is 4. The largest absolute Gasteiger partial charge is 0.464 e. The second-order valence-corrected chi connectivity index (χ2v) is 17.8. The number of amides is 4. The number of esters is 1. The van der Waals surface area contributed by atoms with E-state index < -0.39 is 35.5 Å². The van der Waals surface area contributed by atoms with Crippen LogP contribution < -0.4 is 11.1 Å². The Morgan fingerprint density at radius 3 is 2.35 bits per heavy atom. The lowest BCUT2D eigenvalue weighted by Crippen LogP contribution is -2.51. The van der Waals surface area contributed by atoms with Gasteiger partial charge >= 0.3 is 24.3 Å². The van der Waals surface area contributed by atoms with Crippen LogP contribution in [0.15, 0.2) is 36.4 Å². The number of carbonyl (C=O) groups excluding carboxylic acids is 4. The van der Waals surface area contributed by atoms with E-state index in [1.165, 1.54) is 35.1 Å². The SMILES string of the molecule is CC(CCN(C)C(=O)[C@@H](Cc1cc(Cl)c(N)c(C(F)(F)F)c1)OC(=O)N1CCC(N2CCc3ccccc3NC2=O)CC1)C1CCN(CCC(=O)OCCN2CCCCC2)CC1. The van der Waals surface area contributed by atoms with E-state index in [-0.39, 0.29) is 54.1 Å². The molecule has 62 heavy (non-hydrogen) atoms. The molecule has 342 valence electrons. The van der Waals surface area contributed by atoms with Crippen LogP contribution in [0.5, 0.6) is 0 Å².